The Labute approximate surface area is 279 Å². The number of nitrogens with zero attached hydrogens (tertiary/aromatic N) is 1. The summed E-state index contributed by atoms with van der Waals surface area (Å²) in [5.41, 5.74) is 2.32. The van der Waals surface area contributed by atoms with E-state index in [9.17, 15) is 14.4 Å². The summed E-state index contributed by atoms with van der Waals surface area (Å²) in [6.07, 6.45) is 1.36. The van der Waals surface area contributed by atoms with Crippen molar-refractivity contribution in [1.82, 2.24) is 5.32 Å². The second kappa shape index (κ2) is 15.0. The van der Waals surface area contributed by atoms with Gasteiger partial charge in [0.05, 0.1) is 23.9 Å². The van der Waals surface area contributed by atoms with Gasteiger partial charge >= 0.3 is 6.03 Å². The van der Waals surface area contributed by atoms with Crippen LogP contribution >= 0.6 is 27.5 Å². The van der Waals surface area contributed by atoms with Gasteiger partial charge in [-0.1, -0.05) is 63.9 Å². The summed E-state index contributed by atoms with van der Waals surface area (Å²) in [7, 11) is 0. The van der Waals surface area contributed by atoms with E-state index in [1.807, 2.05) is 62.4 Å². The standard InChI is InChI=1S/C35H30BrClN2O7/c1-3-43-30-18-23(10-15-29(30)45-20-22-8-6-5-7-9-22)21-46-32-28(37)17-24(19-31(32)44-4-2)16-27-33(40)38-35(42)39(34(27)41)26-13-11-25(36)12-14-26/h5-19H,3-4,20-21H2,1-2H3,(H,38,40,42)/b27-16+. The molecule has 0 aromatic heterocycles. The lowest BCUT2D eigenvalue weighted by molar-refractivity contribution is -0.122. The molecule has 46 heavy (non-hydrogen) atoms. The van der Waals surface area contributed by atoms with E-state index in [4.69, 9.17) is 30.5 Å². The summed E-state index contributed by atoms with van der Waals surface area (Å²) in [4.78, 5) is 39.5. The summed E-state index contributed by atoms with van der Waals surface area (Å²) < 4.78 is 24.6. The van der Waals surface area contributed by atoms with Crippen molar-refractivity contribution in [2.75, 3.05) is 18.1 Å². The first-order chi connectivity index (χ1) is 22.3. The third-order valence-electron chi connectivity index (χ3n) is 6.76. The van der Waals surface area contributed by atoms with Gasteiger partial charge in [0.25, 0.3) is 11.8 Å². The number of hydrogen-bond acceptors (Lipinski definition) is 7. The topological polar surface area (TPSA) is 103 Å². The zero-order valence-corrected chi connectivity index (χ0v) is 27.4. The molecule has 0 radical (unpaired) electrons. The molecule has 0 bridgehead atoms. The van der Waals surface area contributed by atoms with Crippen molar-refractivity contribution in [3.63, 3.8) is 0 Å². The quantitative estimate of drug-likeness (QED) is 0.119. The van der Waals surface area contributed by atoms with Gasteiger partial charge in [0.2, 0.25) is 0 Å². The lowest BCUT2D eigenvalue weighted by Gasteiger charge is -2.26. The van der Waals surface area contributed by atoms with Gasteiger partial charge in [-0.15, -0.1) is 0 Å². The van der Waals surface area contributed by atoms with Crippen LogP contribution < -0.4 is 29.2 Å². The van der Waals surface area contributed by atoms with Crippen LogP contribution in [-0.4, -0.2) is 31.1 Å². The van der Waals surface area contributed by atoms with Gasteiger partial charge < -0.3 is 18.9 Å². The highest BCUT2D eigenvalue weighted by atomic mass is 79.9. The fourth-order valence-corrected chi connectivity index (χ4v) is 5.18. The van der Waals surface area contributed by atoms with E-state index in [1.165, 1.54) is 6.08 Å². The number of hydrogen-bond donors (Lipinski definition) is 1. The summed E-state index contributed by atoms with van der Waals surface area (Å²) in [6.45, 7) is 5.02. The molecule has 0 atom stereocenters. The predicted octanol–water partition coefficient (Wildman–Crippen LogP) is 7.72. The van der Waals surface area contributed by atoms with Gasteiger partial charge in [-0.05, 0) is 85.1 Å². The van der Waals surface area contributed by atoms with Crippen LogP contribution in [0.1, 0.15) is 30.5 Å². The molecule has 236 valence electrons. The number of barbiturate groups is 1. The summed E-state index contributed by atoms with van der Waals surface area (Å²) in [6, 6.07) is 24.3. The summed E-state index contributed by atoms with van der Waals surface area (Å²) in [5, 5.41) is 2.42. The molecule has 1 saturated heterocycles. The van der Waals surface area contributed by atoms with Crippen molar-refractivity contribution in [2.24, 2.45) is 0 Å². The Morgan fingerprint density at radius 1 is 0.761 bits per heavy atom. The van der Waals surface area contributed by atoms with Crippen LogP contribution in [0.25, 0.3) is 6.08 Å². The number of carbonyl (C=O) groups excluding carboxylic acids is 3. The van der Waals surface area contributed by atoms with Crippen molar-refractivity contribution in [3.8, 4) is 23.0 Å². The SMILES string of the molecule is CCOc1cc(COc2c(Cl)cc(/C=C3\C(=O)NC(=O)N(c4ccc(Br)cc4)C3=O)cc2OCC)ccc1OCc1ccccc1. The van der Waals surface area contributed by atoms with Crippen LogP contribution in [0.4, 0.5) is 10.5 Å². The van der Waals surface area contributed by atoms with Gasteiger partial charge in [-0.2, -0.15) is 0 Å². The number of rotatable bonds is 12. The molecule has 4 amide bonds. The minimum absolute atomic E-state index is 0.143. The maximum atomic E-state index is 13.3. The first kappa shape index (κ1) is 32.6. The number of carbonyl (C=O) groups is 3. The fourth-order valence-electron chi connectivity index (χ4n) is 4.64. The molecule has 1 heterocycles. The Morgan fingerprint density at radius 2 is 1.46 bits per heavy atom. The van der Waals surface area contributed by atoms with Crippen LogP contribution in [0.15, 0.2) is 95.0 Å². The highest BCUT2D eigenvalue weighted by Gasteiger charge is 2.37. The van der Waals surface area contributed by atoms with Gasteiger partial charge in [-0.3, -0.25) is 14.9 Å². The van der Waals surface area contributed by atoms with E-state index in [2.05, 4.69) is 21.2 Å². The average Bonchev–Trinajstić information content (AvgIpc) is 3.04. The Bertz CT molecular complexity index is 1780. The second-order valence-electron chi connectivity index (χ2n) is 9.97. The fraction of sp³-hybridized carbons (Fsp3) is 0.171. The van der Waals surface area contributed by atoms with E-state index in [0.717, 1.165) is 20.5 Å². The van der Waals surface area contributed by atoms with E-state index in [-0.39, 0.29) is 17.2 Å². The van der Waals surface area contributed by atoms with Crippen molar-refractivity contribution >= 4 is 57.1 Å². The average molecular weight is 706 g/mol. The normalized spacial score (nSPS) is 13.9. The molecular formula is C35H30BrClN2O7. The Hall–Kier alpha value is -4.80. The number of benzene rings is 4. The van der Waals surface area contributed by atoms with Crippen molar-refractivity contribution in [1.29, 1.82) is 0 Å². The molecule has 1 aliphatic heterocycles. The number of ether oxygens (including phenoxy) is 4. The van der Waals surface area contributed by atoms with Crippen molar-refractivity contribution in [2.45, 2.75) is 27.1 Å². The van der Waals surface area contributed by atoms with Crippen LogP contribution in [0, 0.1) is 0 Å². The predicted molar refractivity (Wildman–Crippen MR) is 178 cm³/mol. The number of halogens is 2. The molecule has 0 unspecified atom stereocenters. The minimum atomic E-state index is -0.838. The maximum Gasteiger partial charge on any atom is 0.335 e. The summed E-state index contributed by atoms with van der Waals surface area (Å²) in [5.74, 6) is 0.217. The van der Waals surface area contributed by atoms with Gasteiger partial charge in [0.1, 0.15) is 18.8 Å². The number of amides is 4. The molecule has 0 aliphatic carbocycles. The van der Waals surface area contributed by atoms with E-state index in [1.54, 1.807) is 36.4 Å². The first-order valence-electron chi connectivity index (χ1n) is 14.5. The number of urea groups is 1. The van der Waals surface area contributed by atoms with Crippen LogP contribution in [0.3, 0.4) is 0 Å². The monoisotopic (exact) mass is 704 g/mol. The zero-order valence-electron chi connectivity index (χ0n) is 25.0. The number of anilines is 1. The van der Waals surface area contributed by atoms with Gasteiger partial charge in [-0.25, -0.2) is 9.69 Å². The third kappa shape index (κ3) is 7.70. The molecule has 11 heteroatoms. The first-order valence-corrected chi connectivity index (χ1v) is 15.6. The van der Waals surface area contributed by atoms with Crippen molar-refractivity contribution < 1.29 is 33.3 Å². The third-order valence-corrected chi connectivity index (χ3v) is 7.57. The van der Waals surface area contributed by atoms with Crippen LogP contribution in [0.2, 0.25) is 5.02 Å². The Balaban J connectivity index is 1.36. The van der Waals surface area contributed by atoms with Crippen molar-refractivity contribution in [3.05, 3.63) is 117 Å². The number of nitrogens with one attached hydrogen (secondary N) is 1. The largest absolute Gasteiger partial charge is 0.490 e. The Kier molecular flexibility index (Phi) is 10.6. The molecule has 1 N–H and O–H groups in total. The molecule has 4 aromatic carbocycles. The molecule has 0 saturated carbocycles. The summed E-state index contributed by atoms with van der Waals surface area (Å²) >= 11 is 9.99. The Morgan fingerprint density at radius 3 is 2.17 bits per heavy atom. The minimum Gasteiger partial charge on any atom is -0.490 e. The molecule has 5 rings (SSSR count). The molecule has 1 aliphatic rings. The second-order valence-corrected chi connectivity index (χ2v) is 11.3. The molecule has 9 nitrogen and oxygen atoms in total. The lowest BCUT2D eigenvalue weighted by atomic mass is 10.1. The van der Waals surface area contributed by atoms with Crippen LogP contribution in [-0.2, 0) is 22.8 Å². The van der Waals surface area contributed by atoms with E-state index < -0.39 is 17.8 Å². The molecule has 1 fully saturated rings. The highest BCUT2D eigenvalue weighted by molar-refractivity contribution is 9.10. The number of imide groups is 2. The van der Waals surface area contributed by atoms with Crippen LogP contribution in [0.5, 0.6) is 23.0 Å². The molecular weight excluding hydrogens is 676 g/mol. The smallest absolute Gasteiger partial charge is 0.335 e. The van der Waals surface area contributed by atoms with E-state index in [0.29, 0.717) is 54.1 Å². The lowest BCUT2D eigenvalue weighted by Crippen LogP contribution is -2.54. The van der Waals surface area contributed by atoms with E-state index >= 15 is 0 Å². The molecule has 0 spiro atoms. The maximum absolute atomic E-state index is 13.3. The molecule has 4 aromatic rings. The van der Waals surface area contributed by atoms with Gasteiger partial charge in [0, 0.05) is 4.47 Å². The highest BCUT2D eigenvalue weighted by Crippen LogP contribution is 2.39. The zero-order chi connectivity index (χ0) is 32.6. The van der Waals surface area contributed by atoms with Gasteiger partial charge in [0.15, 0.2) is 23.0 Å².